The number of hydrogen-bond acceptors (Lipinski definition) is 1. The Bertz CT molecular complexity index is 1040. The van der Waals surface area contributed by atoms with Crippen LogP contribution in [0.3, 0.4) is 0 Å². The van der Waals surface area contributed by atoms with E-state index in [2.05, 4.69) is 122 Å². The number of unbranched alkanes of at least 4 members (excludes halogenated alkanes) is 6. The van der Waals surface area contributed by atoms with Crippen LogP contribution in [0.5, 0.6) is 5.75 Å². The summed E-state index contributed by atoms with van der Waals surface area (Å²) in [5, 5.41) is 4.22. The van der Waals surface area contributed by atoms with E-state index in [9.17, 15) is 0 Å². The highest BCUT2D eigenvalue weighted by Gasteiger charge is 2.45. The van der Waals surface area contributed by atoms with Crippen molar-refractivity contribution < 1.29 is 4.74 Å². The molecule has 0 aliphatic heterocycles. The van der Waals surface area contributed by atoms with Crippen LogP contribution in [-0.2, 0) is 6.16 Å². The minimum Gasteiger partial charge on any atom is -0.493 e. The van der Waals surface area contributed by atoms with Gasteiger partial charge in [0.25, 0.3) is 0 Å². The SMILES string of the molecule is CCCCCCCCCOc1ccccc1C[P+](c1ccccc1)(c1ccccc1)c1ccccc1. The third-order valence-corrected chi connectivity index (χ3v) is 11.3. The molecule has 0 heterocycles. The maximum absolute atomic E-state index is 6.44. The second-order valence-electron chi connectivity index (χ2n) is 9.55. The van der Waals surface area contributed by atoms with Crippen molar-refractivity contribution in [3.8, 4) is 5.75 Å². The summed E-state index contributed by atoms with van der Waals surface area (Å²) < 4.78 is 6.44. The molecule has 4 aromatic rings. The molecular weight excluding hydrogens is 455 g/mol. The highest BCUT2D eigenvalue weighted by Crippen LogP contribution is 2.58. The van der Waals surface area contributed by atoms with Gasteiger partial charge in [-0.2, -0.15) is 0 Å². The average Bonchev–Trinajstić information content (AvgIpc) is 2.95. The molecule has 0 saturated heterocycles. The van der Waals surface area contributed by atoms with Crippen molar-refractivity contribution in [2.75, 3.05) is 6.61 Å². The molecule has 0 unspecified atom stereocenters. The zero-order chi connectivity index (χ0) is 24.9. The second kappa shape index (κ2) is 14.0. The zero-order valence-electron chi connectivity index (χ0n) is 21.7. The lowest BCUT2D eigenvalue weighted by atomic mass is 10.1. The van der Waals surface area contributed by atoms with Crippen LogP contribution in [0.4, 0.5) is 0 Å². The first kappa shape index (κ1) is 26.2. The number of benzene rings is 4. The molecule has 4 rings (SSSR count). The minimum absolute atomic E-state index is 0.790. The van der Waals surface area contributed by atoms with Gasteiger partial charge in [0.1, 0.15) is 35.1 Å². The fraction of sp³-hybridized carbons (Fsp3) is 0.294. The van der Waals surface area contributed by atoms with Gasteiger partial charge in [0.2, 0.25) is 0 Å². The van der Waals surface area contributed by atoms with Crippen molar-refractivity contribution in [3.63, 3.8) is 0 Å². The van der Waals surface area contributed by atoms with Crippen LogP contribution in [0.2, 0.25) is 0 Å². The molecule has 1 nitrogen and oxygen atoms in total. The Kier molecular flexibility index (Phi) is 10.2. The Morgan fingerprint density at radius 3 is 1.47 bits per heavy atom. The Balaban J connectivity index is 1.63. The monoisotopic (exact) mass is 495 g/mol. The predicted molar refractivity (Wildman–Crippen MR) is 159 cm³/mol. The van der Waals surface area contributed by atoms with Crippen molar-refractivity contribution in [1.29, 1.82) is 0 Å². The summed E-state index contributed by atoms with van der Waals surface area (Å²) in [6, 6.07) is 42.0. The van der Waals surface area contributed by atoms with E-state index in [1.165, 1.54) is 60.0 Å². The number of hydrogen-bond donors (Lipinski definition) is 0. The van der Waals surface area contributed by atoms with E-state index in [1.807, 2.05) is 0 Å². The molecule has 0 fully saturated rings. The summed E-state index contributed by atoms with van der Waals surface area (Å²) >= 11 is 0. The van der Waals surface area contributed by atoms with E-state index in [1.54, 1.807) is 0 Å². The molecule has 0 aromatic heterocycles. The second-order valence-corrected chi connectivity index (χ2v) is 13.0. The number of para-hydroxylation sites is 1. The van der Waals surface area contributed by atoms with Gasteiger partial charge in [-0.15, -0.1) is 0 Å². The molecule has 0 radical (unpaired) electrons. The third-order valence-electron chi connectivity index (χ3n) is 6.98. The Hall–Kier alpha value is -2.89. The summed E-state index contributed by atoms with van der Waals surface area (Å²) in [5.74, 6) is 1.04. The van der Waals surface area contributed by atoms with Crippen molar-refractivity contribution in [2.45, 2.75) is 58.0 Å². The number of ether oxygens (including phenoxy) is 1. The first-order chi connectivity index (χ1) is 17.8. The molecule has 0 spiro atoms. The van der Waals surface area contributed by atoms with E-state index in [0.29, 0.717) is 0 Å². The van der Waals surface area contributed by atoms with E-state index >= 15 is 0 Å². The topological polar surface area (TPSA) is 9.23 Å². The molecular formula is C34H40OP+. The van der Waals surface area contributed by atoms with Crippen molar-refractivity contribution in [1.82, 2.24) is 0 Å². The summed E-state index contributed by atoms with van der Waals surface area (Å²) in [4.78, 5) is 0. The molecule has 0 saturated carbocycles. The molecule has 0 amide bonds. The largest absolute Gasteiger partial charge is 0.493 e. The molecule has 0 N–H and O–H groups in total. The lowest BCUT2D eigenvalue weighted by Crippen LogP contribution is -2.32. The summed E-state index contributed by atoms with van der Waals surface area (Å²) in [6.07, 6.45) is 10.0. The van der Waals surface area contributed by atoms with Gasteiger partial charge in [-0.1, -0.05) is 118 Å². The summed E-state index contributed by atoms with van der Waals surface area (Å²) in [7, 11) is -1.94. The summed E-state index contributed by atoms with van der Waals surface area (Å²) in [6.45, 7) is 3.06. The summed E-state index contributed by atoms with van der Waals surface area (Å²) in [5.41, 5.74) is 1.30. The highest BCUT2D eigenvalue weighted by molar-refractivity contribution is 7.95. The van der Waals surface area contributed by atoms with Gasteiger partial charge in [-0.3, -0.25) is 0 Å². The fourth-order valence-corrected chi connectivity index (χ4v) is 9.30. The van der Waals surface area contributed by atoms with Crippen LogP contribution in [0.1, 0.15) is 57.4 Å². The molecule has 36 heavy (non-hydrogen) atoms. The average molecular weight is 496 g/mol. The van der Waals surface area contributed by atoms with Crippen molar-refractivity contribution >= 4 is 23.2 Å². The maximum atomic E-state index is 6.44. The quantitative estimate of drug-likeness (QED) is 0.126. The lowest BCUT2D eigenvalue weighted by molar-refractivity contribution is 0.302. The van der Waals surface area contributed by atoms with E-state index in [-0.39, 0.29) is 0 Å². The molecule has 0 aliphatic carbocycles. The van der Waals surface area contributed by atoms with Gasteiger partial charge in [-0.05, 0) is 48.9 Å². The highest BCUT2D eigenvalue weighted by atomic mass is 31.2. The Morgan fingerprint density at radius 1 is 0.500 bits per heavy atom. The first-order valence-corrected chi connectivity index (χ1v) is 15.6. The molecule has 4 aromatic carbocycles. The van der Waals surface area contributed by atoms with Gasteiger partial charge < -0.3 is 4.74 Å². The van der Waals surface area contributed by atoms with Crippen LogP contribution in [0.25, 0.3) is 0 Å². The Morgan fingerprint density at radius 2 is 0.944 bits per heavy atom. The van der Waals surface area contributed by atoms with Gasteiger partial charge >= 0.3 is 0 Å². The molecule has 0 atom stereocenters. The van der Waals surface area contributed by atoms with Crippen molar-refractivity contribution in [2.24, 2.45) is 0 Å². The van der Waals surface area contributed by atoms with E-state index in [0.717, 1.165) is 24.9 Å². The van der Waals surface area contributed by atoms with Gasteiger partial charge in [0.05, 0.1) is 6.61 Å². The minimum atomic E-state index is -1.94. The lowest BCUT2D eigenvalue weighted by Gasteiger charge is -2.28. The van der Waals surface area contributed by atoms with Crippen LogP contribution in [-0.4, -0.2) is 6.61 Å². The van der Waals surface area contributed by atoms with Gasteiger partial charge in [0, 0.05) is 5.56 Å². The third kappa shape index (κ3) is 6.65. The predicted octanol–water partition coefficient (Wildman–Crippen LogP) is 8.31. The van der Waals surface area contributed by atoms with Crippen LogP contribution >= 0.6 is 7.26 Å². The molecule has 0 aliphatic rings. The standard InChI is InChI=1S/C34H40OP/c1-2-3-4-5-6-7-19-28-35-34-27-18-17-20-30(34)29-36(31-21-11-8-12-22-31,32-23-13-9-14-24-32)33-25-15-10-16-26-33/h8-18,20-27H,2-7,19,28-29H2,1H3/q+1. The molecule has 186 valence electrons. The Labute approximate surface area is 218 Å². The smallest absolute Gasteiger partial charge is 0.126 e. The van der Waals surface area contributed by atoms with E-state index < -0.39 is 7.26 Å². The van der Waals surface area contributed by atoms with Crippen LogP contribution < -0.4 is 20.7 Å². The molecule has 0 bridgehead atoms. The number of rotatable bonds is 14. The van der Waals surface area contributed by atoms with Gasteiger partial charge in [0.15, 0.2) is 0 Å². The maximum Gasteiger partial charge on any atom is 0.126 e. The van der Waals surface area contributed by atoms with E-state index in [4.69, 9.17) is 4.74 Å². The van der Waals surface area contributed by atoms with Gasteiger partial charge in [-0.25, -0.2) is 0 Å². The normalized spacial score (nSPS) is 11.4. The molecule has 2 heteroatoms. The zero-order valence-corrected chi connectivity index (χ0v) is 22.6. The fourth-order valence-electron chi connectivity index (χ4n) is 5.04. The van der Waals surface area contributed by atoms with Crippen molar-refractivity contribution in [3.05, 3.63) is 121 Å². The first-order valence-electron chi connectivity index (χ1n) is 13.6. The van der Waals surface area contributed by atoms with Crippen LogP contribution in [0, 0.1) is 0 Å². The van der Waals surface area contributed by atoms with Crippen LogP contribution in [0.15, 0.2) is 115 Å².